The van der Waals surface area contributed by atoms with E-state index >= 15 is 0 Å². The van der Waals surface area contributed by atoms with Crippen molar-refractivity contribution in [2.45, 2.75) is 6.42 Å². The van der Waals surface area contributed by atoms with Crippen LogP contribution in [0.4, 0.5) is 11.0 Å². The Morgan fingerprint density at radius 3 is 2.79 bits per heavy atom. The quantitative estimate of drug-likeness (QED) is 0.454. The van der Waals surface area contributed by atoms with Crippen molar-refractivity contribution in [2.75, 3.05) is 39.2 Å². The number of amides is 1. The number of furan rings is 1. The second-order valence-electron chi connectivity index (χ2n) is 6.47. The first-order chi connectivity index (χ1) is 13.4. The third-order valence-corrected chi connectivity index (χ3v) is 5.15. The number of methoxy groups -OCH3 is 1. The van der Waals surface area contributed by atoms with Crippen molar-refractivity contribution in [3.05, 3.63) is 46.2 Å². The number of carbonyl (C=O) groups is 1. The lowest BCUT2D eigenvalue weighted by Gasteiger charge is -2.19. The summed E-state index contributed by atoms with van der Waals surface area (Å²) in [5, 5.41) is 11.4. The van der Waals surface area contributed by atoms with E-state index in [0.717, 1.165) is 17.7 Å². The normalized spacial score (nSPS) is 11.1. The number of nitro groups is 1. The fourth-order valence-corrected chi connectivity index (χ4v) is 3.75. The highest BCUT2D eigenvalue weighted by molar-refractivity contribution is 7.22. The summed E-state index contributed by atoms with van der Waals surface area (Å²) in [6.07, 6.45) is 0.740. The van der Waals surface area contributed by atoms with Crippen molar-refractivity contribution in [1.29, 1.82) is 0 Å². The molecule has 9 nitrogen and oxygen atoms in total. The number of ether oxygens (including phenoxy) is 1. The van der Waals surface area contributed by atoms with Gasteiger partial charge in [0.15, 0.2) is 10.9 Å². The van der Waals surface area contributed by atoms with Crippen LogP contribution in [0.5, 0.6) is 5.75 Å². The number of hydrogen-bond acceptors (Lipinski definition) is 7. The lowest BCUT2D eigenvalue weighted by molar-refractivity contribution is -0.858. The second kappa shape index (κ2) is 8.36. The smallest absolute Gasteiger partial charge is 0.433 e. The standard InChI is InChI=1S/C18H20N4O5S/c1-20(2)10-5-11-21(17(23)13-8-9-15(27-13)22(24)25)18-19-16-12(26-3)6-4-7-14(16)28-18/h4,6-9H,5,10-11H2,1-3H3/p+1. The summed E-state index contributed by atoms with van der Waals surface area (Å²) < 4.78 is 11.3. The first-order valence-corrected chi connectivity index (χ1v) is 9.51. The zero-order valence-corrected chi connectivity index (χ0v) is 16.6. The molecule has 148 valence electrons. The molecule has 1 N–H and O–H groups in total. The molecule has 3 rings (SSSR count). The van der Waals surface area contributed by atoms with E-state index in [1.165, 1.54) is 33.3 Å². The van der Waals surface area contributed by atoms with Crippen molar-refractivity contribution in [3.63, 3.8) is 0 Å². The first kappa shape index (κ1) is 19.8. The van der Waals surface area contributed by atoms with Crippen LogP contribution in [-0.4, -0.2) is 50.1 Å². The highest BCUT2D eigenvalue weighted by Crippen LogP contribution is 2.34. The number of quaternary nitrogens is 1. The minimum atomic E-state index is -0.668. The minimum Gasteiger partial charge on any atom is -0.494 e. The van der Waals surface area contributed by atoms with Crippen molar-refractivity contribution in [2.24, 2.45) is 0 Å². The maximum absolute atomic E-state index is 13.0. The van der Waals surface area contributed by atoms with Crippen molar-refractivity contribution in [3.8, 4) is 5.75 Å². The van der Waals surface area contributed by atoms with Crippen LogP contribution in [-0.2, 0) is 0 Å². The summed E-state index contributed by atoms with van der Waals surface area (Å²) >= 11 is 1.36. The van der Waals surface area contributed by atoms with Crippen molar-refractivity contribution < 1.29 is 23.8 Å². The average Bonchev–Trinajstić information content (AvgIpc) is 3.31. The third kappa shape index (κ3) is 4.12. The molecule has 3 aromatic rings. The lowest BCUT2D eigenvalue weighted by Crippen LogP contribution is -3.05. The number of thiazole rings is 1. The number of para-hydroxylation sites is 1. The maximum atomic E-state index is 13.0. The molecular weight excluding hydrogens is 384 g/mol. The van der Waals surface area contributed by atoms with Crippen LogP contribution in [0, 0.1) is 10.1 Å². The maximum Gasteiger partial charge on any atom is 0.433 e. The van der Waals surface area contributed by atoms with Gasteiger partial charge >= 0.3 is 5.88 Å². The van der Waals surface area contributed by atoms with Crippen LogP contribution < -0.4 is 14.5 Å². The average molecular weight is 405 g/mol. The highest BCUT2D eigenvalue weighted by atomic mass is 32.1. The molecular formula is C18H21N4O5S+. The number of hydrogen-bond donors (Lipinski definition) is 1. The summed E-state index contributed by atoms with van der Waals surface area (Å²) in [7, 11) is 5.63. The summed E-state index contributed by atoms with van der Waals surface area (Å²) in [6, 6.07) is 8.07. The Kier molecular flexibility index (Phi) is 5.90. The summed E-state index contributed by atoms with van der Waals surface area (Å²) in [5.41, 5.74) is 0.673. The lowest BCUT2D eigenvalue weighted by atomic mass is 10.3. The van der Waals surface area contributed by atoms with Crippen LogP contribution >= 0.6 is 11.3 Å². The Labute approximate surface area is 165 Å². The molecule has 0 radical (unpaired) electrons. The topological polar surface area (TPSA) is 103 Å². The summed E-state index contributed by atoms with van der Waals surface area (Å²) in [5.74, 6) is -0.388. The Morgan fingerprint density at radius 1 is 1.36 bits per heavy atom. The van der Waals surface area contributed by atoms with E-state index in [-0.39, 0.29) is 5.76 Å². The molecule has 28 heavy (non-hydrogen) atoms. The molecule has 1 aromatic carbocycles. The van der Waals surface area contributed by atoms with Crippen LogP contribution in [0.1, 0.15) is 17.0 Å². The molecule has 10 heteroatoms. The van der Waals surface area contributed by atoms with Gasteiger partial charge in [0.25, 0.3) is 5.91 Å². The molecule has 0 unspecified atom stereocenters. The molecule has 0 aliphatic heterocycles. The summed E-state index contributed by atoms with van der Waals surface area (Å²) in [6.45, 7) is 1.27. The van der Waals surface area contributed by atoms with Crippen LogP contribution in [0.25, 0.3) is 10.2 Å². The number of rotatable bonds is 8. The third-order valence-electron chi connectivity index (χ3n) is 4.11. The fraction of sp³-hybridized carbons (Fsp3) is 0.333. The predicted molar refractivity (Wildman–Crippen MR) is 106 cm³/mol. The van der Waals surface area contributed by atoms with Crippen molar-refractivity contribution >= 4 is 38.5 Å². The van der Waals surface area contributed by atoms with Crippen LogP contribution in [0.3, 0.4) is 0 Å². The first-order valence-electron chi connectivity index (χ1n) is 8.69. The molecule has 0 spiro atoms. The second-order valence-corrected chi connectivity index (χ2v) is 7.47. The molecule has 0 aliphatic carbocycles. The van der Waals surface area contributed by atoms with E-state index in [0.29, 0.717) is 22.9 Å². The number of aromatic nitrogens is 1. The van der Waals surface area contributed by atoms with Gasteiger partial charge in [-0.15, -0.1) is 0 Å². The minimum absolute atomic E-state index is 0.0879. The van der Waals surface area contributed by atoms with Gasteiger partial charge in [0.05, 0.1) is 38.5 Å². The van der Waals surface area contributed by atoms with Gasteiger partial charge in [-0.05, 0) is 18.2 Å². The SMILES string of the molecule is COc1cccc2sc(N(CCC[NH+](C)C)C(=O)c3ccc([N+](=O)[O-])o3)nc12. The summed E-state index contributed by atoms with van der Waals surface area (Å²) in [4.78, 5) is 30.6. The molecule has 2 heterocycles. The number of anilines is 1. The molecule has 0 saturated carbocycles. The molecule has 0 fully saturated rings. The number of nitrogens with one attached hydrogen (secondary N) is 1. The molecule has 2 aromatic heterocycles. The Balaban J connectivity index is 1.96. The van der Waals surface area contributed by atoms with Gasteiger partial charge in [-0.2, -0.15) is 0 Å². The van der Waals surface area contributed by atoms with E-state index in [4.69, 9.17) is 9.15 Å². The van der Waals surface area contributed by atoms with Gasteiger partial charge in [-0.25, -0.2) is 4.98 Å². The fourth-order valence-electron chi connectivity index (χ4n) is 2.74. The number of nitrogens with zero attached hydrogens (tertiary/aromatic N) is 3. The monoisotopic (exact) mass is 405 g/mol. The highest BCUT2D eigenvalue weighted by Gasteiger charge is 2.26. The van der Waals surface area contributed by atoms with Gasteiger partial charge in [-0.3, -0.25) is 19.8 Å². The Morgan fingerprint density at radius 2 is 2.14 bits per heavy atom. The number of benzene rings is 1. The van der Waals surface area contributed by atoms with E-state index < -0.39 is 16.7 Å². The van der Waals surface area contributed by atoms with Gasteiger partial charge in [0, 0.05) is 13.0 Å². The van der Waals surface area contributed by atoms with E-state index in [9.17, 15) is 14.9 Å². The molecule has 0 bridgehead atoms. The predicted octanol–water partition coefficient (Wildman–Crippen LogP) is 1.99. The van der Waals surface area contributed by atoms with E-state index in [1.807, 2.05) is 32.3 Å². The van der Waals surface area contributed by atoms with E-state index in [1.54, 1.807) is 7.11 Å². The van der Waals surface area contributed by atoms with Crippen LogP contribution in [0.2, 0.25) is 0 Å². The molecule has 1 amide bonds. The number of fused-ring (bicyclic) bond motifs is 1. The number of carbonyl (C=O) groups excluding carboxylic acids is 1. The van der Waals surface area contributed by atoms with Gasteiger partial charge in [0.2, 0.25) is 0 Å². The van der Waals surface area contributed by atoms with Gasteiger partial charge in [-0.1, -0.05) is 17.4 Å². The van der Waals surface area contributed by atoms with Gasteiger partial charge < -0.3 is 14.1 Å². The largest absolute Gasteiger partial charge is 0.494 e. The molecule has 0 atom stereocenters. The Bertz CT molecular complexity index is 997. The molecule has 0 aliphatic rings. The van der Waals surface area contributed by atoms with E-state index in [2.05, 4.69) is 4.98 Å². The van der Waals surface area contributed by atoms with Gasteiger partial charge in [0.1, 0.15) is 16.2 Å². The zero-order chi connectivity index (χ0) is 20.3. The van der Waals surface area contributed by atoms with Crippen LogP contribution in [0.15, 0.2) is 34.7 Å². The molecule has 0 saturated heterocycles. The zero-order valence-electron chi connectivity index (χ0n) is 15.8. The van der Waals surface area contributed by atoms with Crippen molar-refractivity contribution in [1.82, 2.24) is 4.98 Å². The Hall–Kier alpha value is -2.98.